The Morgan fingerprint density at radius 3 is 0.858 bits per heavy atom. The van der Waals surface area contributed by atoms with Crippen molar-refractivity contribution in [2.24, 2.45) is 17.2 Å². The van der Waals surface area contributed by atoms with Gasteiger partial charge in [-0.3, -0.25) is 0 Å². The van der Waals surface area contributed by atoms with Gasteiger partial charge in [-0.25, -0.2) is 29.1 Å². The lowest BCUT2D eigenvalue weighted by Crippen LogP contribution is -2.60. The summed E-state index contributed by atoms with van der Waals surface area (Å²) in [4.78, 5) is 3.66. The van der Waals surface area contributed by atoms with Crippen molar-refractivity contribution in [2.75, 3.05) is 0 Å². The van der Waals surface area contributed by atoms with Crippen molar-refractivity contribution in [1.82, 2.24) is 30.7 Å². The van der Waals surface area contributed by atoms with Gasteiger partial charge < -0.3 is 104 Å². The quantitative estimate of drug-likeness (QED) is 0.0218. The molecule has 12 unspecified atom stereocenters. The van der Waals surface area contributed by atoms with Crippen LogP contribution in [0.5, 0.6) is 0 Å². The second-order valence-electron chi connectivity index (χ2n) is 34.5. The van der Waals surface area contributed by atoms with Crippen LogP contribution in [0.1, 0.15) is 156 Å². The lowest BCUT2D eigenvalue weighted by atomic mass is 9.92. The predicted molar refractivity (Wildman–Crippen MR) is 408 cm³/mol. The highest BCUT2D eigenvalue weighted by molar-refractivity contribution is 7.41. The Balaban J connectivity index is 1.30. The van der Waals surface area contributed by atoms with Crippen LogP contribution in [0.2, 0.25) is 54.4 Å². The third-order valence-corrected chi connectivity index (χ3v) is 37.9. The Hall–Kier alpha value is -3.69. The van der Waals surface area contributed by atoms with Crippen molar-refractivity contribution in [3.63, 3.8) is 0 Å². The molecule has 0 amide bonds. The summed E-state index contributed by atoms with van der Waals surface area (Å²) in [5.74, 6) is 0. The standard InChI is InChI=1S/C75H123F3N9O15PSi3/c1-70(2,3)104(13,14)100-61-58(94-64(73(61,10)76)85-43-40-55(88)82-67(85)91)52(37-34-49(79)46-28-22-19-23-29-46)97-103(98-53(38-35-50(80)47-30-24-20-25-31-47)59-62(101-105(15,16)71(4,5)6)74(11,77)65(95-59)86-44-41-56(89)83-68(86)92)99-54(39-36-51(81)48-32-26-21-27-33-48)60-63(102-106(17,18)72(7,8)9)75(12,78)66(96-60)87-45-42-57(90)84-69(87)93/h19-33,40-45,49-69,82-84,88-93H,34-39,79-81H2,1-18H3/t49?,50?,51?,52?,53?,54?,55?,56?,57?,58-,59-,60-,61+,62+,63+,64-,65-,66-,67?,68?,69?,73+,74+,75+,103?/m0/s1. The molecule has 15 N–H and O–H groups in total. The zero-order valence-corrected chi connectivity index (χ0v) is 68.9. The maximum Gasteiger partial charge on any atom is 0.333 e. The summed E-state index contributed by atoms with van der Waals surface area (Å²) in [6.45, 7) is 34.1. The van der Waals surface area contributed by atoms with Crippen molar-refractivity contribution in [2.45, 2.75) is 322 Å². The van der Waals surface area contributed by atoms with Crippen molar-refractivity contribution in [1.29, 1.82) is 0 Å². The van der Waals surface area contributed by atoms with Gasteiger partial charge >= 0.3 is 8.60 Å². The number of halogens is 3. The smallest absolute Gasteiger partial charge is 0.333 e. The van der Waals surface area contributed by atoms with Crippen LogP contribution < -0.4 is 33.2 Å². The van der Waals surface area contributed by atoms with E-state index in [1.807, 2.05) is 193 Å². The Morgan fingerprint density at radius 2 is 0.651 bits per heavy atom. The van der Waals surface area contributed by atoms with E-state index in [1.165, 1.54) is 72.3 Å². The van der Waals surface area contributed by atoms with Gasteiger partial charge in [-0.05, 0) is 149 Å². The summed E-state index contributed by atoms with van der Waals surface area (Å²) >= 11 is 0. The number of aliphatic hydroxyl groups excluding tert-OH is 6. The fourth-order valence-electron chi connectivity index (χ4n) is 13.6. The maximum absolute atomic E-state index is 19.3. The van der Waals surface area contributed by atoms with Crippen LogP contribution in [0.15, 0.2) is 128 Å². The van der Waals surface area contributed by atoms with Gasteiger partial charge in [0.05, 0.1) is 18.3 Å². The number of alkyl halides is 3. The molecule has 6 aliphatic rings. The van der Waals surface area contributed by atoms with E-state index in [4.69, 9.17) is 58.3 Å². The van der Waals surface area contributed by atoms with Crippen molar-refractivity contribution < 1.29 is 84.9 Å². The Morgan fingerprint density at radius 1 is 0.425 bits per heavy atom. The number of ether oxygens (including phenoxy) is 3. The lowest BCUT2D eigenvalue weighted by molar-refractivity contribution is -0.173. The van der Waals surface area contributed by atoms with Crippen LogP contribution in [0, 0.1) is 0 Å². The summed E-state index contributed by atoms with van der Waals surface area (Å²) in [5, 5.41) is 73.7. The van der Waals surface area contributed by atoms with Gasteiger partial charge in [-0.2, -0.15) is 0 Å². The molecule has 0 spiro atoms. The number of hydrogen-bond acceptors (Lipinski definition) is 24. The number of hydrogen-bond donors (Lipinski definition) is 12. The van der Waals surface area contributed by atoms with E-state index in [0.29, 0.717) is 0 Å². The van der Waals surface area contributed by atoms with Crippen LogP contribution in [-0.4, -0.2) is 199 Å². The van der Waals surface area contributed by atoms with E-state index in [0.717, 1.165) is 16.7 Å². The first-order valence-corrected chi connectivity index (χ1v) is 47.0. The van der Waals surface area contributed by atoms with E-state index in [9.17, 15) is 30.6 Å². The first-order valence-electron chi connectivity index (χ1n) is 37.2. The third-order valence-electron chi connectivity index (χ3n) is 23.2. The highest BCUT2D eigenvalue weighted by Crippen LogP contribution is 2.57. The molecule has 106 heavy (non-hydrogen) atoms. The molecule has 31 heteroatoms. The van der Waals surface area contributed by atoms with Crippen molar-refractivity contribution in [3.8, 4) is 0 Å². The highest BCUT2D eigenvalue weighted by Gasteiger charge is 2.67. The van der Waals surface area contributed by atoms with Gasteiger partial charge in [0.1, 0.15) is 55.3 Å². The molecule has 0 radical (unpaired) electrons. The van der Waals surface area contributed by atoms with E-state index < -0.39 is 195 Å². The number of benzene rings is 3. The second-order valence-corrected chi connectivity index (χ2v) is 49.8. The molecule has 6 aliphatic heterocycles. The van der Waals surface area contributed by atoms with Crippen LogP contribution in [0.25, 0.3) is 0 Å². The molecular weight excluding hydrogens is 1440 g/mol. The molecular formula is C75H123F3N9O15PSi3. The summed E-state index contributed by atoms with van der Waals surface area (Å²) in [6, 6.07) is 26.2. The molecule has 3 aromatic carbocycles. The first-order chi connectivity index (χ1) is 49.2. The van der Waals surface area contributed by atoms with E-state index >= 15 is 13.2 Å². The van der Waals surface area contributed by atoms with Crippen LogP contribution in [-0.2, 0) is 41.1 Å². The fourth-order valence-corrected chi connectivity index (χ4v) is 19.1. The zero-order chi connectivity index (χ0) is 78.2. The van der Waals surface area contributed by atoms with E-state index in [2.05, 4.69) is 16.0 Å². The normalized spacial score (nSPS) is 34.1. The van der Waals surface area contributed by atoms with Crippen molar-refractivity contribution >= 4 is 33.6 Å². The molecule has 3 aromatic rings. The van der Waals surface area contributed by atoms with Gasteiger partial charge in [0.2, 0.25) is 0 Å². The molecule has 596 valence electrons. The molecule has 0 aliphatic carbocycles. The number of nitrogens with two attached hydrogens (primary N) is 3. The Labute approximate surface area is 630 Å². The zero-order valence-electron chi connectivity index (χ0n) is 65.0. The molecule has 3 fully saturated rings. The molecule has 24 nitrogen and oxygen atoms in total. The number of rotatable bonds is 30. The SMILES string of the molecule is CC(C)(C)[Si](C)(C)O[C@@H]1[C@H](C(CCC(N)c2ccccc2)OP(OC(CCC(N)c2ccccc2)[C@@H]2O[C@H](N3C=CC(O)NC3O)[C@](C)(F)[C@@H]2O[Si](C)(C)C(C)(C)C)OC(CCC(N)c2ccccc2)[C@@H]2O[C@H](N3C=CC(O)NC3O)[C@](C)(F)[C@@H]2O[Si](C)(C)C(C)(C)C)O[C@H](N2C=CC(O)NC2O)[C@]1(C)F. The Kier molecular flexibility index (Phi) is 27.6. The molecule has 0 aromatic heterocycles. The average Bonchev–Trinajstić information content (AvgIpc) is 1.60. The molecule has 6 heterocycles. The minimum atomic E-state index is -3.16. The summed E-state index contributed by atoms with van der Waals surface area (Å²) < 4.78 is 124. The molecule has 24 atom stereocenters. The molecule has 0 saturated carbocycles. The summed E-state index contributed by atoms with van der Waals surface area (Å²) in [7, 11) is -12.5. The monoisotopic (exact) mass is 1560 g/mol. The van der Waals surface area contributed by atoms with Crippen LogP contribution in [0.3, 0.4) is 0 Å². The molecule has 3 saturated heterocycles. The van der Waals surface area contributed by atoms with E-state index in [1.54, 1.807) is 0 Å². The van der Waals surface area contributed by atoms with Crippen molar-refractivity contribution in [3.05, 3.63) is 145 Å². The van der Waals surface area contributed by atoms with Gasteiger partial charge in [-0.15, -0.1) is 0 Å². The van der Waals surface area contributed by atoms with Gasteiger partial charge in [0, 0.05) is 36.7 Å². The number of aliphatic hydroxyl groups is 6. The van der Waals surface area contributed by atoms with Crippen LogP contribution >= 0.6 is 8.60 Å². The second kappa shape index (κ2) is 33.9. The van der Waals surface area contributed by atoms with Crippen LogP contribution in [0.4, 0.5) is 13.2 Å². The fraction of sp³-hybridized carbons (Fsp3) is 0.680. The third kappa shape index (κ3) is 19.7. The summed E-state index contributed by atoms with van der Waals surface area (Å²) in [5.41, 5.74) is 16.4. The van der Waals surface area contributed by atoms with E-state index in [-0.39, 0.29) is 38.5 Å². The lowest BCUT2D eigenvalue weighted by Gasteiger charge is -2.44. The number of nitrogens with zero attached hydrogens (tertiary/aromatic N) is 3. The molecule has 0 bridgehead atoms. The van der Waals surface area contributed by atoms with Gasteiger partial charge in [0.25, 0.3) is 0 Å². The number of nitrogens with one attached hydrogen (secondary N) is 3. The highest BCUT2D eigenvalue weighted by atomic mass is 31.2. The molecule has 9 rings (SSSR count). The topological polar surface area (TPSA) is 328 Å². The summed E-state index contributed by atoms with van der Waals surface area (Å²) in [6.07, 6.45) is -18.3. The minimum absolute atomic E-state index is 0.0334. The first kappa shape index (κ1) is 86.3. The average molecular weight is 1560 g/mol. The largest absolute Gasteiger partial charge is 0.408 e. The Bertz CT molecular complexity index is 3040. The van der Waals surface area contributed by atoms with Gasteiger partial charge in [0.15, 0.2) is 79.7 Å². The predicted octanol–water partition coefficient (Wildman–Crippen LogP) is 10.4. The van der Waals surface area contributed by atoms with Gasteiger partial charge in [-0.1, -0.05) is 153 Å². The minimum Gasteiger partial charge on any atom is -0.408 e. The maximum atomic E-state index is 19.3.